The van der Waals surface area contributed by atoms with Crippen LogP contribution in [0.4, 0.5) is 0 Å². The van der Waals surface area contributed by atoms with Gasteiger partial charge in [-0.25, -0.2) is 0 Å². The second kappa shape index (κ2) is 6.70. The Bertz CT molecular complexity index is 617. The average molecular weight is 270 g/mol. The lowest BCUT2D eigenvalue weighted by Gasteiger charge is -2.08. The molecule has 0 bridgehead atoms. The monoisotopic (exact) mass is 270 g/mol. The van der Waals surface area contributed by atoms with Gasteiger partial charge in [0.15, 0.2) is 0 Å². The zero-order valence-corrected chi connectivity index (χ0v) is 11.5. The van der Waals surface area contributed by atoms with Gasteiger partial charge in [0.1, 0.15) is 0 Å². The number of amides is 2. The molecule has 20 heavy (non-hydrogen) atoms. The van der Waals surface area contributed by atoms with Gasteiger partial charge in [0.25, 0.3) is 0 Å². The topological polar surface area (TPSA) is 58.2 Å². The maximum absolute atomic E-state index is 11.8. The van der Waals surface area contributed by atoms with Crippen molar-refractivity contribution in [3.63, 3.8) is 0 Å². The highest BCUT2D eigenvalue weighted by Gasteiger charge is 2.07. The molecule has 104 valence electrons. The minimum Gasteiger partial charge on any atom is -0.273 e. The second-order valence-corrected chi connectivity index (χ2v) is 4.66. The Balaban J connectivity index is 2.01. The predicted molar refractivity (Wildman–Crippen MR) is 78.8 cm³/mol. The van der Waals surface area contributed by atoms with E-state index >= 15 is 0 Å². The minimum atomic E-state index is -0.217. The minimum absolute atomic E-state index is 0.168. The van der Waals surface area contributed by atoms with E-state index in [9.17, 15) is 9.59 Å². The number of rotatable bonds is 4. The Morgan fingerprint density at radius 1 is 0.950 bits per heavy atom. The van der Waals surface area contributed by atoms with E-state index in [-0.39, 0.29) is 18.2 Å². The lowest BCUT2D eigenvalue weighted by Crippen LogP contribution is -2.42. The van der Waals surface area contributed by atoms with Crippen molar-refractivity contribution in [2.75, 3.05) is 0 Å². The third-order valence-electron chi connectivity index (χ3n) is 3.05. The molecule has 0 heterocycles. The normalized spacial score (nSPS) is 10.2. The van der Waals surface area contributed by atoms with Crippen LogP contribution < -0.4 is 10.9 Å². The number of carbonyl (C=O) groups excluding carboxylic acids is 2. The van der Waals surface area contributed by atoms with Crippen LogP contribution in [0.2, 0.25) is 0 Å². The van der Waals surface area contributed by atoms with Crippen molar-refractivity contribution in [1.82, 2.24) is 10.9 Å². The number of benzene rings is 2. The highest BCUT2D eigenvalue weighted by atomic mass is 16.2. The van der Waals surface area contributed by atoms with Crippen molar-refractivity contribution in [1.29, 1.82) is 0 Å². The van der Waals surface area contributed by atoms with E-state index in [1.807, 2.05) is 49.4 Å². The van der Waals surface area contributed by atoms with E-state index < -0.39 is 0 Å². The first-order chi connectivity index (χ1) is 9.70. The van der Waals surface area contributed by atoms with Crippen LogP contribution in [-0.2, 0) is 16.0 Å². The smallest absolute Gasteiger partial charge is 0.242 e. The first-order valence-corrected chi connectivity index (χ1v) is 6.75. The molecule has 2 rings (SSSR count). The van der Waals surface area contributed by atoms with Crippen LogP contribution in [0.5, 0.6) is 0 Å². The van der Waals surface area contributed by atoms with Crippen molar-refractivity contribution < 1.29 is 9.59 Å². The first-order valence-electron chi connectivity index (χ1n) is 6.75. The highest BCUT2D eigenvalue weighted by Crippen LogP contribution is 2.18. The van der Waals surface area contributed by atoms with E-state index in [1.165, 1.54) is 0 Å². The van der Waals surface area contributed by atoms with Gasteiger partial charge < -0.3 is 0 Å². The summed E-state index contributed by atoms with van der Waals surface area (Å²) in [4.78, 5) is 23.1. The lowest BCUT2D eigenvalue weighted by atomic mass is 10.0. The van der Waals surface area contributed by atoms with Crippen LogP contribution in [0.1, 0.15) is 25.3 Å². The third-order valence-corrected chi connectivity index (χ3v) is 3.05. The van der Waals surface area contributed by atoms with E-state index in [2.05, 4.69) is 10.9 Å². The molecular weight excluding hydrogens is 252 g/mol. The van der Waals surface area contributed by atoms with Crippen molar-refractivity contribution in [2.24, 2.45) is 0 Å². The zero-order valence-electron chi connectivity index (χ0n) is 11.5. The quantitative estimate of drug-likeness (QED) is 0.838. The molecule has 0 aromatic heterocycles. The summed E-state index contributed by atoms with van der Waals surface area (Å²) in [5, 5.41) is 2.16. The first kappa shape index (κ1) is 14.1. The summed E-state index contributed by atoms with van der Waals surface area (Å²) in [6.45, 7) is 1.91. The summed E-state index contributed by atoms with van der Waals surface area (Å²) < 4.78 is 0. The van der Waals surface area contributed by atoms with Gasteiger partial charge in [0, 0.05) is 6.42 Å². The SMILES string of the molecule is CCCC(=O)NNC(=O)Cc1cccc2ccccc12. The molecule has 0 saturated carbocycles. The van der Waals surface area contributed by atoms with Gasteiger partial charge in [-0.1, -0.05) is 49.4 Å². The Kier molecular flexibility index (Phi) is 4.71. The van der Waals surface area contributed by atoms with Gasteiger partial charge in [0.2, 0.25) is 11.8 Å². The Hall–Kier alpha value is -2.36. The van der Waals surface area contributed by atoms with Crippen LogP contribution in [0.15, 0.2) is 42.5 Å². The summed E-state index contributed by atoms with van der Waals surface area (Å²) in [5.41, 5.74) is 5.80. The van der Waals surface area contributed by atoms with Crippen molar-refractivity contribution in [3.8, 4) is 0 Å². The number of hydrazine groups is 1. The molecule has 0 unspecified atom stereocenters. The van der Waals surface area contributed by atoms with E-state index in [4.69, 9.17) is 0 Å². The van der Waals surface area contributed by atoms with Crippen molar-refractivity contribution >= 4 is 22.6 Å². The van der Waals surface area contributed by atoms with Gasteiger partial charge in [-0.05, 0) is 22.8 Å². The maximum Gasteiger partial charge on any atom is 0.242 e. The molecule has 2 aromatic carbocycles. The highest BCUT2D eigenvalue weighted by molar-refractivity contribution is 5.90. The Labute approximate surface area is 118 Å². The number of hydrogen-bond donors (Lipinski definition) is 2. The number of hydrogen-bond acceptors (Lipinski definition) is 2. The van der Waals surface area contributed by atoms with Crippen molar-refractivity contribution in [3.05, 3.63) is 48.0 Å². The van der Waals surface area contributed by atoms with Crippen molar-refractivity contribution in [2.45, 2.75) is 26.2 Å². The van der Waals surface area contributed by atoms with E-state index in [0.717, 1.165) is 22.8 Å². The van der Waals surface area contributed by atoms with Gasteiger partial charge in [0.05, 0.1) is 6.42 Å². The van der Waals surface area contributed by atoms with Gasteiger partial charge >= 0.3 is 0 Å². The number of nitrogens with one attached hydrogen (secondary N) is 2. The molecule has 0 aliphatic heterocycles. The zero-order chi connectivity index (χ0) is 14.4. The molecule has 0 spiro atoms. The van der Waals surface area contributed by atoms with Gasteiger partial charge in [-0.2, -0.15) is 0 Å². The van der Waals surface area contributed by atoms with E-state index in [0.29, 0.717) is 6.42 Å². The fourth-order valence-corrected chi connectivity index (χ4v) is 2.09. The van der Waals surface area contributed by atoms with Crippen LogP contribution in [-0.4, -0.2) is 11.8 Å². The van der Waals surface area contributed by atoms with Crippen LogP contribution in [0.3, 0.4) is 0 Å². The summed E-state index contributed by atoms with van der Waals surface area (Å²) in [7, 11) is 0. The molecule has 2 aromatic rings. The molecule has 0 radical (unpaired) electrons. The molecule has 0 aliphatic rings. The van der Waals surface area contributed by atoms with Crippen LogP contribution in [0.25, 0.3) is 10.8 Å². The molecule has 2 amide bonds. The van der Waals surface area contributed by atoms with Crippen LogP contribution >= 0.6 is 0 Å². The molecule has 0 saturated heterocycles. The lowest BCUT2D eigenvalue weighted by molar-refractivity contribution is -0.128. The van der Waals surface area contributed by atoms with E-state index in [1.54, 1.807) is 0 Å². The standard InChI is InChI=1S/C16H18N2O2/c1-2-6-15(19)17-18-16(20)11-13-9-5-8-12-7-3-4-10-14(12)13/h3-5,7-10H,2,6,11H2,1H3,(H,17,19)(H,18,20). The summed E-state index contributed by atoms with van der Waals surface area (Å²) in [5.74, 6) is -0.385. The molecule has 2 N–H and O–H groups in total. The fraction of sp³-hybridized carbons (Fsp3) is 0.250. The fourth-order valence-electron chi connectivity index (χ4n) is 2.09. The molecule has 4 nitrogen and oxygen atoms in total. The maximum atomic E-state index is 11.8. The predicted octanol–water partition coefficient (Wildman–Crippen LogP) is 2.33. The molecule has 4 heteroatoms. The molecule has 0 atom stereocenters. The number of fused-ring (bicyclic) bond motifs is 1. The largest absolute Gasteiger partial charge is 0.273 e. The molecule has 0 fully saturated rings. The molecular formula is C16H18N2O2. The van der Waals surface area contributed by atoms with Gasteiger partial charge in [-0.3, -0.25) is 20.4 Å². The van der Waals surface area contributed by atoms with Gasteiger partial charge in [-0.15, -0.1) is 0 Å². The Morgan fingerprint density at radius 2 is 1.65 bits per heavy atom. The second-order valence-electron chi connectivity index (χ2n) is 4.66. The summed E-state index contributed by atoms with van der Waals surface area (Å²) in [6, 6.07) is 13.8. The summed E-state index contributed by atoms with van der Waals surface area (Å²) in [6.07, 6.45) is 1.41. The average Bonchev–Trinajstić information content (AvgIpc) is 2.46. The number of carbonyl (C=O) groups is 2. The van der Waals surface area contributed by atoms with Crippen LogP contribution in [0, 0.1) is 0 Å². The third kappa shape index (κ3) is 3.57. The Morgan fingerprint density at radius 3 is 2.45 bits per heavy atom. The summed E-state index contributed by atoms with van der Waals surface area (Å²) >= 11 is 0. The molecule has 0 aliphatic carbocycles.